The zero-order valence-electron chi connectivity index (χ0n) is 13.5. The zero-order chi connectivity index (χ0) is 18.7. The predicted molar refractivity (Wildman–Crippen MR) is 108 cm³/mol. The summed E-state index contributed by atoms with van der Waals surface area (Å²) in [7, 11) is 0. The normalized spacial score (nSPS) is 10.1. The number of para-hydroxylation sites is 1. The van der Waals surface area contributed by atoms with Gasteiger partial charge in [0, 0.05) is 36.0 Å². The summed E-state index contributed by atoms with van der Waals surface area (Å²) in [6, 6.07) is 14.6. The summed E-state index contributed by atoms with van der Waals surface area (Å²) in [4.78, 5) is 11.2. The molecule has 8 heteroatoms. The number of rotatable bonds is 5. The number of nitrogens with one attached hydrogen (secondary N) is 2. The second kappa shape index (κ2) is 9.62. The third-order valence-corrected chi connectivity index (χ3v) is 4.55. The van der Waals surface area contributed by atoms with Crippen molar-refractivity contribution < 1.29 is 34.6 Å². The van der Waals surface area contributed by atoms with E-state index in [9.17, 15) is 13.6 Å². The maximum Gasteiger partial charge on any atom is 0.117 e. The molecule has 0 saturated carbocycles. The SMILES string of the molecule is O=[C-]c1cc(F)c(Nc2ccccc2)c(F)c1Nc1ccc(I)cc1Cl.[W]. The molecule has 3 rings (SSSR count). The quantitative estimate of drug-likeness (QED) is 0.253. The van der Waals surface area contributed by atoms with E-state index in [2.05, 4.69) is 33.2 Å². The number of halogens is 4. The van der Waals surface area contributed by atoms with Gasteiger partial charge in [-0.2, -0.15) is 0 Å². The molecule has 27 heavy (non-hydrogen) atoms. The van der Waals surface area contributed by atoms with E-state index in [1.54, 1.807) is 54.8 Å². The van der Waals surface area contributed by atoms with Gasteiger partial charge in [-0.15, -0.1) is 11.6 Å². The summed E-state index contributed by atoms with van der Waals surface area (Å²) in [6.45, 7) is 0. The first-order valence-electron chi connectivity index (χ1n) is 7.44. The Morgan fingerprint density at radius 3 is 2.30 bits per heavy atom. The van der Waals surface area contributed by atoms with E-state index in [1.807, 2.05) is 0 Å². The van der Waals surface area contributed by atoms with Gasteiger partial charge in [0.2, 0.25) is 0 Å². The summed E-state index contributed by atoms with van der Waals surface area (Å²) in [5, 5.41) is 5.79. The Hall–Kier alpha value is -1.50. The first-order valence-corrected chi connectivity index (χ1v) is 8.89. The van der Waals surface area contributed by atoms with Gasteiger partial charge in [-0.3, -0.25) is 0 Å². The molecule has 0 atom stereocenters. The van der Waals surface area contributed by atoms with Gasteiger partial charge in [-0.25, -0.2) is 8.78 Å². The van der Waals surface area contributed by atoms with Crippen molar-refractivity contribution in [3.8, 4) is 0 Å². The number of hydrogen-bond donors (Lipinski definition) is 2. The molecule has 0 saturated heterocycles. The fraction of sp³-hybridized carbons (Fsp3) is 0. The van der Waals surface area contributed by atoms with Crippen LogP contribution >= 0.6 is 34.2 Å². The molecule has 138 valence electrons. The second-order valence-electron chi connectivity index (χ2n) is 5.31. The Kier molecular flexibility index (Phi) is 7.77. The Morgan fingerprint density at radius 2 is 1.67 bits per heavy atom. The first kappa shape index (κ1) is 21.8. The summed E-state index contributed by atoms with van der Waals surface area (Å²) in [6.07, 6.45) is 1.55. The number of benzene rings is 3. The number of carbonyl (C=O) groups excluding carboxylic acids is 1. The molecule has 0 bridgehead atoms. The molecule has 0 aliphatic heterocycles. The van der Waals surface area contributed by atoms with Gasteiger partial charge in [0.05, 0.1) is 22.8 Å². The molecular weight excluding hydrogens is 656 g/mol. The fourth-order valence-electron chi connectivity index (χ4n) is 2.33. The molecule has 0 aliphatic rings. The van der Waals surface area contributed by atoms with Crippen LogP contribution in [0.3, 0.4) is 0 Å². The van der Waals surface area contributed by atoms with Crippen LogP contribution in [0.4, 0.5) is 31.5 Å². The van der Waals surface area contributed by atoms with Gasteiger partial charge in [0.1, 0.15) is 5.82 Å². The molecule has 0 aromatic heterocycles. The van der Waals surface area contributed by atoms with Gasteiger partial charge in [0.15, 0.2) is 0 Å². The molecule has 0 radical (unpaired) electrons. The maximum atomic E-state index is 15.0. The van der Waals surface area contributed by atoms with Crippen molar-refractivity contribution in [1.82, 2.24) is 0 Å². The second-order valence-corrected chi connectivity index (χ2v) is 6.97. The van der Waals surface area contributed by atoms with Crippen LogP contribution in [-0.2, 0) is 25.9 Å². The molecule has 0 spiro atoms. The fourth-order valence-corrected chi connectivity index (χ4v) is 3.23. The van der Waals surface area contributed by atoms with E-state index in [-0.39, 0.29) is 38.0 Å². The van der Waals surface area contributed by atoms with Gasteiger partial charge in [-0.1, -0.05) is 29.8 Å². The molecule has 3 aromatic rings. The number of anilines is 4. The van der Waals surface area contributed by atoms with Crippen molar-refractivity contribution in [1.29, 1.82) is 0 Å². The van der Waals surface area contributed by atoms with Crippen molar-refractivity contribution in [2.45, 2.75) is 0 Å². The summed E-state index contributed by atoms with van der Waals surface area (Å²) in [5.74, 6) is -1.84. The minimum atomic E-state index is -0.943. The van der Waals surface area contributed by atoms with Crippen LogP contribution in [0.2, 0.25) is 5.02 Å². The smallest absolute Gasteiger partial charge is 0.117 e. The third kappa shape index (κ3) is 5.06. The predicted octanol–water partition coefficient (Wildman–Crippen LogP) is 6.17. The van der Waals surface area contributed by atoms with Crippen LogP contribution in [0.1, 0.15) is 5.56 Å². The Bertz CT molecular complexity index is 974. The molecule has 2 N–H and O–H groups in total. The van der Waals surface area contributed by atoms with E-state index >= 15 is 0 Å². The van der Waals surface area contributed by atoms with E-state index in [0.29, 0.717) is 16.4 Å². The largest absolute Gasteiger partial charge is 0.404 e. The Morgan fingerprint density at radius 1 is 0.963 bits per heavy atom. The summed E-state index contributed by atoms with van der Waals surface area (Å²) in [5.41, 5.74) is 0.0432. The Labute approximate surface area is 187 Å². The van der Waals surface area contributed by atoms with Crippen LogP contribution in [0.25, 0.3) is 0 Å². The Balaban J connectivity index is 0.00000261. The van der Waals surface area contributed by atoms with Gasteiger partial charge >= 0.3 is 0 Å². The molecule has 0 heterocycles. The summed E-state index contributed by atoms with van der Waals surface area (Å²) >= 11 is 8.24. The van der Waals surface area contributed by atoms with E-state index in [1.165, 1.54) is 0 Å². The third-order valence-electron chi connectivity index (χ3n) is 3.56. The standard InChI is InChI=1S/C19H11ClF2IN2O.W/c20-14-9-12(23)6-7-16(14)25-18-11(10-26)8-15(21)19(17(18)22)24-13-4-2-1-3-5-13;/h1-9,24-25H;/q-1;. The molecule has 3 aromatic carbocycles. The average molecular weight is 668 g/mol. The molecule has 0 amide bonds. The molecule has 0 unspecified atom stereocenters. The van der Waals surface area contributed by atoms with Gasteiger partial charge < -0.3 is 15.4 Å². The topological polar surface area (TPSA) is 41.1 Å². The van der Waals surface area contributed by atoms with Crippen LogP contribution in [0.5, 0.6) is 0 Å². The molecular formula is C19H11ClF2IN2OW-. The monoisotopic (exact) mass is 667 g/mol. The van der Waals surface area contributed by atoms with Crippen molar-refractivity contribution in [2.24, 2.45) is 0 Å². The minimum Gasteiger partial charge on any atom is -0.404 e. The van der Waals surface area contributed by atoms with Crippen molar-refractivity contribution in [3.05, 3.63) is 80.4 Å². The van der Waals surface area contributed by atoms with Crippen molar-refractivity contribution in [3.63, 3.8) is 0 Å². The van der Waals surface area contributed by atoms with Crippen molar-refractivity contribution in [2.75, 3.05) is 10.6 Å². The van der Waals surface area contributed by atoms with Crippen LogP contribution in [-0.4, -0.2) is 6.29 Å². The molecule has 0 fully saturated rings. The van der Waals surface area contributed by atoms with Crippen LogP contribution in [0.15, 0.2) is 54.6 Å². The van der Waals surface area contributed by atoms with Crippen molar-refractivity contribution >= 4 is 63.2 Å². The van der Waals surface area contributed by atoms with E-state index in [4.69, 9.17) is 11.6 Å². The van der Waals surface area contributed by atoms with Gasteiger partial charge in [-0.05, 0) is 58.6 Å². The molecule has 0 aliphatic carbocycles. The van der Waals surface area contributed by atoms with Crippen LogP contribution in [0, 0.1) is 15.2 Å². The average Bonchev–Trinajstić information content (AvgIpc) is 2.63. The zero-order valence-corrected chi connectivity index (χ0v) is 19.4. The number of hydrogen-bond acceptors (Lipinski definition) is 3. The summed E-state index contributed by atoms with van der Waals surface area (Å²) < 4.78 is 30.2. The van der Waals surface area contributed by atoms with E-state index < -0.39 is 11.6 Å². The van der Waals surface area contributed by atoms with Gasteiger partial charge in [0.25, 0.3) is 0 Å². The first-order chi connectivity index (χ1) is 12.5. The van der Waals surface area contributed by atoms with Crippen LogP contribution < -0.4 is 10.6 Å². The maximum absolute atomic E-state index is 15.0. The molecule has 3 nitrogen and oxygen atoms in total. The minimum absolute atomic E-state index is 0. The van der Waals surface area contributed by atoms with E-state index in [0.717, 1.165) is 9.64 Å².